The van der Waals surface area contributed by atoms with Gasteiger partial charge >= 0.3 is 0 Å². The van der Waals surface area contributed by atoms with Crippen LogP contribution in [0.5, 0.6) is 0 Å². The van der Waals surface area contributed by atoms with Gasteiger partial charge in [0.25, 0.3) is 11.7 Å². The molecule has 4 nitrogen and oxygen atoms in total. The van der Waals surface area contributed by atoms with Crippen molar-refractivity contribution in [3.8, 4) is 6.07 Å². The van der Waals surface area contributed by atoms with Crippen LogP contribution in [0.2, 0.25) is 0 Å². The van der Waals surface area contributed by atoms with Gasteiger partial charge in [-0.25, -0.2) is 0 Å². The molecule has 0 aliphatic carbocycles. The van der Waals surface area contributed by atoms with Crippen LogP contribution in [0.1, 0.15) is 23.2 Å². The third-order valence-electron chi connectivity index (χ3n) is 2.55. The zero-order valence-electron chi connectivity index (χ0n) is 8.64. The summed E-state index contributed by atoms with van der Waals surface area (Å²) < 4.78 is 0. The molecule has 0 atom stereocenters. The van der Waals surface area contributed by atoms with Crippen molar-refractivity contribution in [3.05, 3.63) is 29.8 Å². The van der Waals surface area contributed by atoms with Crippen LogP contribution >= 0.6 is 0 Å². The molecule has 0 radical (unpaired) electrons. The maximum atomic E-state index is 11.6. The molecule has 0 saturated heterocycles. The molecule has 1 aromatic rings. The second kappa shape index (κ2) is 4.15. The lowest BCUT2D eigenvalue weighted by molar-refractivity contribution is -0.114. The van der Waals surface area contributed by atoms with Gasteiger partial charge in [0.1, 0.15) is 0 Å². The summed E-state index contributed by atoms with van der Waals surface area (Å²) in [6, 6.07) is 8.96. The molecule has 1 amide bonds. The minimum Gasteiger partial charge on any atom is -0.305 e. The first kappa shape index (κ1) is 10.4. The number of benzene rings is 1. The number of fused-ring (bicyclic) bond motifs is 1. The first-order valence-corrected chi connectivity index (χ1v) is 5.08. The Kier molecular flexibility index (Phi) is 2.69. The summed E-state index contributed by atoms with van der Waals surface area (Å²) in [7, 11) is 0. The van der Waals surface area contributed by atoms with Crippen molar-refractivity contribution in [1.29, 1.82) is 5.26 Å². The SMILES string of the molecule is N#CCCCN1C(=O)C(=O)c2ccccc21. The van der Waals surface area contributed by atoms with E-state index in [1.54, 1.807) is 24.3 Å². The summed E-state index contributed by atoms with van der Waals surface area (Å²) in [6.45, 7) is 0.426. The van der Waals surface area contributed by atoms with Crippen molar-refractivity contribution >= 4 is 17.4 Å². The van der Waals surface area contributed by atoms with Gasteiger partial charge in [0.2, 0.25) is 0 Å². The molecule has 1 aliphatic heterocycles. The summed E-state index contributed by atoms with van der Waals surface area (Å²) in [6.07, 6.45) is 0.976. The molecule has 4 heteroatoms. The van der Waals surface area contributed by atoms with E-state index in [1.807, 2.05) is 6.07 Å². The molecular formula is C12H10N2O2. The lowest BCUT2D eigenvalue weighted by Crippen LogP contribution is -2.30. The van der Waals surface area contributed by atoms with Gasteiger partial charge in [0.15, 0.2) is 0 Å². The fourth-order valence-corrected chi connectivity index (χ4v) is 1.79. The highest BCUT2D eigenvalue weighted by Gasteiger charge is 2.34. The number of ketones is 1. The van der Waals surface area contributed by atoms with E-state index in [9.17, 15) is 9.59 Å². The van der Waals surface area contributed by atoms with E-state index >= 15 is 0 Å². The number of nitrogens with zero attached hydrogens (tertiary/aromatic N) is 2. The Balaban J connectivity index is 2.24. The average Bonchev–Trinajstić information content (AvgIpc) is 2.55. The summed E-state index contributed by atoms with van der Waals surface area (Å²) in [4.78, 5) is 24.7. The number of carbonyl (C=O) groups excluding carboxylic acids is 2. The monoisotopic (exact) mass is 214 g/mol. The zero-order valence-corrected chi connectivity index (χ0v) is 8.64. The topological polar surface area (TPSA) is 61.2 Å². The van der Waals surface area contributed by atoms with Gasteiger partial charge in [-0.15, -0.1) is 0 Å². The Morgan fingerprint density at radius 2 is 2.00 bits per heavy atom. The average molecular weight is 214 g/mol. The van der Waals surface area contributed by atoms with Crippen LogP contribution in [0, 0.1) is 11.3 Å². The first-order chi connectivity index (χ1) is 7.75. The first-order valence-electron chi connectivity index (χ1n) is 5.08. The fraction of sp³-hybridized carbons (Fsp3) is 0.250. The second-order valence-electron chi connectivity index (χ2n) is 3.56. The van der Waals surface area contributed by atoms with Crippen LogP contribution in [-0.4, -0.2) is 18.2 Å². The molecule has 0 fully saturated rings. The van der Waals surface area contributed by atoms with Crippen LogP contribution in [0.15, 0.2) is 24.3 Å². The minimum atomic E-state index is -0.487. The van der Waals surface area contributed by atoms with E-state index < -0.39 is 11.7 Å². The zero-order chi connectivity index (χ0) is 11.5. The molecule has 16 heavy (non-hydrogen) atoms. The van der Waals surface area contributed by atoms with Gasteiger partial charge in [-0.2, -0.15) is 5.26 Å². The summed E-state index contributed by atoms with van der Waals surface area (Å²) in [5, 5.41) is 8.43. The van der Waals surface area contributed by atoms with Crippen molar-refractivity contribution in [3.63, 3.8) is 0 Å². The number of anilines is 1. The molecule has 0 bridgehead atoms. The standard InChI is InChI=1S/C12H10N2O2/c13-7-3-4-8-14-10-6-2-1-5-9(10)11(15)12(14)16/h1-2,5-6H,3-4,8H2. The van der Waals surface area contributed by atoms with E-state index in [-0.39, 0.29) is 0 Å². The summed E-state index contributed by atoms with van der Waals surface area (Å²) in [5.41, 5.74) is 1.12. The van der Waals surface area contributed by atoms with Gasteiger partial charge in [-0.05, 0) is 18.6 Å². The largest absolute Gasteiger partial charge is 0.305 e. The quantitative estimate of drug-likeness (QED) is 0.566. The van der Waals surface area contributed by atoms with E-state index in [1.165, 1.54) is 4.90 Å². The lowest BCUT2D eigenvalue weighted by atomic mass is 10.1. The third-order valence-corrected chi connectivity index (χ3v) is 2.55. The molecule has 2 rings (SSSR count). The molecule has 1 aromatic carbocycles. The Hall–Kier alpha value is -2.15. The summed E-state index contributed by atoms with van der Waals surface area (Å²) >= 11 is 0. The number of carbonyl (C=O) groups is 2. The lowest BCUT2D eigenvalue weighted by Gasteiger charge is -2.14. The summed E-state index contributed by atoms with van der Waals surface area (Å²) in [5.74, 6) is -0.938. The highest BCUT2D eigenvalue weighted by molar-refractivity contribution is 6.52. The van der Waals surface area contributed by atoms with Gasteiger partial charge in [-0.3, -0.25) is 9.59 Å². The number of unbranched alkanes of at least 4 members (excludes halogenated alkanes) is 1. The number of hydrogen-bond donors (Lipinski definition) is 0. The van der Waals surface area contributed by atoms with Crippen LogP contribution < -0.4 is 4.90 Å². The van der Waals surface area contributed by atoms with Gasteiger partial charge in [-0.1, -0.05) is 12.1 Å². The van der Waals surface area contributed by atoms with Crippen LogP contribution in [0.25, 0.3) is 0 Å². The van der Waals surface area contributed by atoms with Gasteiger partial charge in [0, 0.05) is 13.0 Å². The van der Waals surface area contributed by atoms with Crippen molar-refractivity contribution < 1.29 is 9.59 Å². The van der Waals surface area contributed by atoms with Crippen molar-refractivity contribution in [2.24, 2.45) is 0 Å². The maximum absolute atomic E-state index is 11.6. The molecule has 0 unspecified atom stereocenters. The maximum Gasteiger partial charge on any atom is 0.299 e. The van der Waals surface area contributed by atoms with Crippen molar-refractivity contribution in [2.45, 2.75) is 12.8 Å². The molecule has 1 heterocycles. The smallest absolute Gasteiger partial charge is 0.299 e. The van der Waals surface area contributed by atoms with Crippen LogP contribution in [0.4, 0.5) is 5.69 Å². The molecule has 1 aliphatic rings. The molecule has 0 saturated carbocycles. The minimum absolute atomic E-state index is 0.389. The Labute approximate surface area is 93.1 Å². The predicted octanol–water partition coefficient (Wildman–Crippen LogP) is 1.52. The highest BCUT2D eigenvalue weighted by Crippen LogP contribution is 2.28. The fourth-order valence-electron chi connectivity index (χ4n) is 1.79. The second-order valence-corrected chi connectivity index (χ2v) is 3.56. The molecule has 80 valence electrons. The van der Waals surface area contributed by atoms with E-state index in [0.717, 1.165) is 0 Å². The number of amides is 1. The molecule has 0 spiro atoms. The highest BCUT2D eigenvalue weighted by atomic mass is 16.2. The number of nitriles is 1. The van der Waals surface area contributed by atoms with Crippen molar-refractivity contribution in [2.75, 3.05) is 11.4 Å². The molecule has 0 aromatic heterocycles. The third kappa shape index (κ3) is 1.57. The van der Waals surface area contributed by atoms with Crippen LogP contribution in [0.3, 0.4) is 0 Å². The Morgan fingerprint density at radius 3 is 2.75 bits per heavy atom. The van der Waals surface area contributed by atoms with Gasteiger partial charge in [0.05, 0.1) is 17.3 Å². The predicted molar refractivity (Wildman–Crippen MR) is 58.0 cm³/mol. The molecule has 0 N–H and O–H groups in total. The number of para-hydroxylation sites is 1. The molecular weight excluding hydrogens is 204 g/mol. The van der Waals surface area contributed by atoms with E-state index in [0.29, 0.717) is 30.6 Å². The van der Waals surface area contributed by atoms with Crippen molar-refractivity contribution in [1.82, 2.24) is 0 Å². The van der Waals surface area contributed by atoms with Crippen LogP contribution in [-0.2, 0) is 4.79 Å². The Morgan fingerprint density at radius 1 is 1.25 bits per heavy atom. The normalized spacial score (nSPS) is 13.8. The number of Topliss-reactive ketones (excluding diaryl/α,β-unsaturated/α-hetero) is 1. The Bertz CT molecular complexity index is 488. The van der Waals surface area contributed by atoms with E-state index in [4.69, 9.17) is 5.26 Å². The number of hydrogen-bond acceptors (Lipinski definition) is 3. The van der Waals surface area contributed by atoms with E-state index in [2.05, 4.69) is 0 Å². The van der Waals surface area contributed by atoms with Gasteiger partial charge < -0.3 is 4.90 Å². The number of rotatable bonds is 3.